The molecule has 1 heterocycles. The number of fused-ring (bicyclic) bond motifs is 1. The topological polar surface area (TPSA) is 59.3 Å². The first-order valence-electron chi connectivity index (χ1n) is 5.52. The molecule has 0 bridgehead atoms. The monoisotopic (exact) mass is 221 g/mol. The van der Waals surface area contributed by atoms with E-state index >= 15 is 0 Å². The zero-order valence-corrected chi connectivity index (χ0v) is 9.29. The second-order valence-corrected chi connectivity index (χ2v) is 4.19. The standard InChI is InChI=1S/C12H15NO3/c1-8(14)7-12(15)13-10-3-2-4-11-9(10)5-6-16-11/h5-6,10H,2-4,7H2,1H3,(H,13,15). The van der Waals surface area contributed by atoms with Crippen molar-refractivity contribution in [2.45, 2.75) is 38.6 Å². The maximum absolute atomic E-state index is 11.5. The number of amides is 1. The van der Waals surface area contributed by atoms with Crippen molar-refractivity contribution in [2.75, 3.05) is 0 Å². The maximum Gasteiger partial charge on any atom is 0.227 e. The number of rotatable bonds is 3. The van der Waals surface area contributed by atoms with Crippen LogP contribution in [0.25, 0.3) is 0 Å². The summed E-state index contributed by atoms with van der Waals surface area (Å²) in [7, 11) is 0. The Morgan fingerprint density at radius 3 is 3.12 bits per heavy atom. The first-order chi connectivity index (χ1) is 7.66. The number of hydrogen-bond donors (Lipinski definition) is 1. The molecule has 4 heteroatoms. The first kappa shape index (κ1) is 10.9. The number of nitrogens with one attached hydrogen (secondary N) is 1. The third kappa shape index (κ3) is 2.32. The lowest BCUT2D eigenvalue weighted by atomic mass is 9.93. The summed E-state index contributed by atoms with van der Waals surface area (Å²) < 4.78 is 5.33. The van der Waals surface area contributed by atoms with E-state index in [9.17, 15) is 9.59 Å². The van der Waals surface area contributed by atoms with Crippen LogP contribution in [0.3, 0.4) is 0 Å². The van der Waals surface area contributed by atoms with E-state index in [2.05, 4.69) is 5.32 Å². The van der Waals surface area contributed by atoms with Crippen LogP contribution in [0.15, 0.2) is 16.7 Å². The van der Waals surface area contributed by atoms with Gasteiger partial charge in [0.05, 0.1) is 18.7 Å². The second-order valence-electron chi connectivity index (χ2n) is 4.19. The van der Waals surface area contributed by atoms with Crippen molar-refractivity contribution in [3.8, 4) is 0 Å². The van der Waals surface area contributed by atoms with Gasteiger partial charge in [0.2, 0.25) is 5.91 Å². The summed E-state index contributed by atoms with van der Waals surface area (Å²) in [4.78, 5) is 22.3. The molecule has 0 saturated heterocycles. The molecule has 0 radical (unpaired) electrons. The summed E-state index contributed by atoms with van der Waals surface area (Å²) in [6, 6.07) is 1.90. The van der Waals surface area contributed by atoms with Gasteiger partial charge in [0, 0.05) is 12.0 Å². The summed E-state index contributed by atoms with van der Waals surface area (Å²) >= 11 is 0. The zero-order valence-electron chi connectivity index (χ0n) is 9.29. The van der Waals surface area contributed by atoms with Crippen LogP contribution in [0.5, 0.6) is 0 Å². The molecule has 1 aliphatic rings. The Morgan fingerprint density at radius 2 is 2.38 bits per heavy atom. The average molecular weight is 221 g/mol. The molecular formula is C12H15NO3. The van der Waals surface area contributed by atoms with Crippen LogP contribution < -0.4 is 5.32 Å². The Kier molecular flexibility index (Phi) is 3.08. The van der Waals surface area contributed by atoms with Crippen LogP contribution in [0.1, 0.15) is 43.6 Å². The Hall–Kier alpha value is -1.58. The highest BCUT2D eigenvalue weighted by Crippen LogP contribution is 2.30. The lowest BCUT2D eigenvalue weighted by Gasteiger charge is -2.22. The highest BCUT2D eigenvalue weighted by molar-refractivity contribution is 5.96. The summed E-state index contributed by atoms with van der Waals surface area (Å²) in [5.74, 6) is 0.645. The molecule has 1 atom stereocenters. The third-order valence-electron chi connectivity index (χ3n) is 2.80. The molecule has 0 aliphatic heterocycles. The van der Waals surface area contributed by atoms with Gasteiger partial charge in [-0.1, -0.05) is 0 Å². The molecule has 1 aromatic rings. The average Bonchev–Trinajstić information content (AvgIpc) is 2.65. The quantitative estimate of drug-likeness (QED) is 0.791. The van der Waals surface area contributed by atoms with Gasteiger partial charge in [0.25, 0.3) is 0 Å². The third-order valence-corrected chi connectivity index (χ3v) is 2.80. The number of carbonyl (C=O) groups is 2. The van der Waals surface area contributed by atoms with Crippen molar-refractivity contribution < 1.29 is 14.0 Å². The number of hydrogen-bond acceptors (Lipinski definition) is 3. The normalized spacial score (nSPS) is 18.9. The van der Waals surface area contributed by atoms with Gasteiger partial charge < -0.3 is 9.73 Å². The first-order valence-corrected chi connectivity index (χ1v) is 5.52. The van der Waals surface area contributed by atoms with Crippen molar-refractivity contribution in [3.63, 3.8) is 0 Å². The van der Waals surface area contributed by atoms with Gasteiger partial charge in [-0.2, -0.15) is 0 Å². The lowest BCUT2D eigenvalue weighted by Crippen LogP contribution is -2.31. The predicted molar refractivity (Wildman–Crippen MR) is 57.8 cm³/mol. The molecule has 1 N–H and O–H groups in total. The highest BCUT2D eigenvalue weighted by Gasteiger charge is 2.24. The van der Waals surface area contributed by atoms with Crippen LogP contribution >= 0.6 is 0 Å². The number of carbonyl (C=O) groups excluding carboxylic acids is 2. The summed E-state index contributed by atoms with van der Waals surface area (Å²) in [6.07, 6.45) is 4.47. The molecule has 1 amide bonds. The number of ketones is 1. The molecule has 2 rings (SSSR count). The smallest absolute Gasteiger partial charge is 0.227 e. The van der Waals surface area contributed by atoms with Crippen LogP contribution in [0.4, 0.5) is 0 Å². The predicted octanol–water partition coefficient (Wildman–Crippen LogP) is 1.75. The molecule has 1 aliphatic carbocycles. The number of furan rings is 1. The molecule has 0 fully saturated rings. The molecular weight excluding hydrogens is 206 g/mol. The van der Waals surface area contributed by atoms with Crippen molar-refractivity contribution in [1.29, 1.82) is 0 Å². The Labute approximate surface area is 94.0 Å². The van der Waals surface area contributed by atoms with E-state index in [1.807, 2.05) is 6.07 Å². The fourth-order valence-electron chi connectivity index (χ4n) is 2.11. The molecule has 86 valence electrons. The van der Waals surface area contributed by atoms with E-state index in [4.69, 9.17) is 4.42 Å². The fourth-order valence-corrected chi connectivity index (χ4v) is 2.11. The van der Waals surface area contributed by atoms with Gasteiger partial charge in [-0.05, 0) is 25.8 Å². The van der Waals surface area contributed by atoms with E-state index in [1.54, 1.807) is 6.26 Å². The SMILES string of the molecule is CC(=O)CC(=O)NC1CCCc2occc21. The lowest BCUT2D eigenvalue weighted by molar-refractivity contribution is -0.127. The van der Waals surface area contributed by atoms with E-state index in [0.717, 1.165) is 30.6 Å². The molecule has 1 unspecified atom stereocenters. The van der Waals surface area contributed by atoms with Gasteiger partial charge in [-0.3, -0.25) is 9.59 Å². The van der Waals surface area contributed by atoms with Crippen LogP contribution in [0.2, 0.25) is 0 Å². The minimum Gasteiger partial charge on any atom is -0.469 e. The van der Waals surface area contributed by atoms with Gasteiger partial charge in [-0.25, -0.2) is 0 Å². The molecule has 0 spiro atoms. The van der Waals surface area contributed by atoms with E-state index in [0.29, 0.717) is 0 Å². The molecule has 0 saturated carbocycles. The molecule has 1 aromatic heterocycles. The van der Waals surface area contributed by atoms with Crippen molar-refractivity contribution in [2.24, 2.45) is 0 Å². The van der Waals surface area contributed by atoms with Crippen LogP contribution in [-0.2, 0) is 16.0 Å². The van der Waals surface area contributed by atoms with Crippen molar-refractivity contribution in [3.05, 3.63) is 23.7 Å². The zero-order chi connectivity index (χ0) is 11.5. The molecule has 0 aromatic carbocycles. The fraction of sp³-hybridized carbons (Fsp3) is 0.500. The van der Waals surface area contributed by atoms with Gasteiger partial charge in [0.15, 0.2) is 0 Å². The van der Waals surface area contributed by atoms with Crippen molar-refractivity contribution in [1.82, 2.24) is 5.32 Å². The van der Waals surface area contributed by atoms with E-state index < -0.39 is 0 Å². The Bertz CT molecular complexity index is 408. The summed E-state index contributed by atoms with van der Waals surface area (Å²) in [5.41, 5.74) is 1.06. The van der Waals surface area contributed by atoms with Gasteiger partial charge in [-0.15, -0.1) is 0 Å². The van der Waals surface area contributed by atoms with Crippen LogP contribution in [-0.4, -0.2) is 11.7 Å². The summed E-state index contributed by atoms with van der Waals surface area (Å²) in [5, 5.41) is 2.87. The number of Topliss-reactive ketones (excluding diaryl/α,β-unsaturated/α-hetero) is 1. The summed E-state index contributed by atoms with van der Waals surface area (Å²) in [6.45, 7) is 1.42. The van der Waals surface area contributed by atoms with Gasteiger partial charge in [0.1, 0.15) is 11.5 Å². The molecule has 16 heavy (non-hydrogen) atoms. The highest BCUT2D eigenvalue weighted by atomic mass is 16.3. The van der Waals surface area contributed by atoms with Crippen LogP contribution in [0, 0.1) is 0 Å². The van der Waals surface area contributed by atoms with E-state index in [-0.39, 0.29) is 24.2 Å². The second kappa shape index (κ2) is 4.51. The minimum absolute atomic E-state index is 0.00866. The van der Waals surface area contributed by atoms with Gasteiger partial charge >= 0.3 is 0 Å². The molecule has 4 nitrogen and oxygen atoms in total. The largest absolute Gasteiger partial charge is 0.469 e. The maximum atomic E-state index is 11.5. The Balaban J connectivity index is 2.02. The minimum atomic E-state index is -0.202. The van der Waals surface area contributed by atoms with E-state index in [1.165, 1.54) is 6.92 Å². The Morgan fingerprint density at radius 1 is 1.56 bits per heavy atom. The number of aryl methyl sites for hydroxylation is 1. The van der Waals surface area contributed by atoms with Crippen molar-refractivity contribution >= 4 is 11.7 Å².